The number of benzene rings is 1. The number of aromatic nitrogens is 1. The Labute approximate surface area is 181 Å². The van der Waals surface area contributed by atoms with Gasteiger partial charge >= 0.3 is 0 Å². The lowest BCUT2D eigenvalue weighted by atomic mass is 10.1. The molecule has 0 atom stereocenters. The van der Waals surface area contributed by atoms with Gasteiger partial charge in [0.05, 0.1) is 19.2 Å². The highest BCUT2D eigenvalue weighted by Crippen LogP contribution is 2.27. The third-order valence-corrected chi connectivity index (χ3v) is 6.72. The SMILES string of the molecule is COc1ccc(N2CCN(C(=O)Cc3csc(NC(=O)C4CCCC4)n3)CC2)cc1. The van der Waals surface area contributed by atoms with Gasteiger partial charge in [-0.25, -0.2) is 4.98 Å². The highest BCUT2D eigenvalue weighted by Gasteiger charge is 2.24. The van der Waals surface area contributed by atoms with Crippen LogP contribution in [0.5, 0.6) is 5.75 Å². The average molecular weight is 429 g/mol. The van der Waals surface area contributed by atoms with E-state index < -0.39 is 0 Å². The summed E-state index contributed by atoms with van der Waals surface area (Å²) >= 11 is 1.39. The molecule has 8 heteroatoms. The van der Waals surface area contributed by atoms with Crippen LogP contribution >= 0.6 is 11.3 Å². The van der Waals surface area contributed by atoms with Gasteiger partial charge in [-0.3, -0.25) is 9.59 Å². The van der Waals surface area contributed by atoms with E-state index in [-0.39, 0.29) is 24.2 Å². The molecule has 1 saturated heterocycles. The molecule has 4 rings (SSSR count). The van der Waals surface area contributed by atoms with Crippen molar-refractivity contribution in [2.45, 2.75) is 32.1 Å². The second kappa shape index (κ2) is 9.47. The quantitative estimate of drug-likeness (QED) is 0.765. The Morgan fingerprint density at radius 1 is 1.13 bits per heavy atom. The first-order valence-corrected chi connectivity index (χ1v) is 11.4. The van der Waals surface area contributed by atoms with E-state index in [0.29, 0.717) is 18.2 Å². The minimum Gasteiger partial charge on any atom is -0.497 e. The van der Waals surface area contributed by atoms with Crippen molar-refractivity contribution in [1.29, 1.82) is 0 Å². The summed E-state index contributed by atoms with van der Waals surface area (Å²) in [6.45, 7) is 3.00. The molecule has 2 aliphatic rings. The van der Waals surface area contributed by atoms with E-state index in [1.165, 1.54) is 11.3 Å². The lowest BCUT2D eigenvalue weighted by Crippen LogP contribution is -2.49. The molecule has 7 nitrogen and oxygen atoms in total. The number of thiazole rings is 1. The molecule has 30 heavy (non-hydrogen) atoms. The number of rotatable bonds is 6. The summed E-state index contributed by atoms with van der Waals surface area (Å²) in [6, 6.07) is 8.01. The van der Waals surface area contributed by atoms with E-state index in [4.69, 9.17) is 4.74 Å². The lowest BCUT2D eigenvalue weighted by molar-refractivity contribution is -0.130. The number of nitrogens with one attached hydrogen (secondary N) is 1. The van der Waals surface area contributed by atoms with Crippen molar-refractivity contribution < 1.29 is 14.3 Å². The molecule has 2 aromatic rings. The third-order valence-electron chi connectivity index (χ3n) is 5.91. The number of piperazine rings is 1. The number of nitrogens with zero attached hydrogens (tertiary/aromatic N) is 3. The standard InChI is InChI=1S/C22H28N4O3S/c1-29-19-8-6-18(7-9-19)25-10-12-26(13-11-25)20(27)14-17-15-30-22(23-17)24-21(28)16-4-2-3-5-16/h6-9,15-16H,2-5,10-14H2,1H3,(H,23,24,28). The molecule has 1 N–H and O–H groups in total. The Hall–Kier alpha value is -2.61. The summed E-state index contributed by atoms with van der Waals surface area (Å²) in [5.74, 6) is 1.10. The van der Waals surface area contributed by atoms with Crippen molar-refractivity contribution >= 4 is 34.0 Å². The fourth-order valence-corrected chi connectivity index (χ4v) is 4.83. The van der Waals surface area contributed by atoms with Crippen molar-refractivity contribution in [3.8, 4) is 5.75 Å². The highest BCUT2D eigenvalue weighted by molar-refractivity contribution is 7.13. The largest absolute Gasteiger partial charge is 0.497 e. The molecule has 1 aromatic carbocycles. The number of methoxy groups -OCH3 is 1. The molecule has 0 radical (unpaired) electrons. The Balaban J connectivity index is 1.25. The van der Waals surface area contributed by atoms with Crippen LogP contribution in [0.1, 0.15) is 31.4 Å². The fourth-order valence-electron chi connectivity index (χ4n) is 4.11. The molecule has 0 bridgehead atoms. The Kier molecular flexibility index (Phi) is 6.52. The molecular weight excluding hydrogens is 400 g/mol. The first-order chi connectivity index (χ1) is 14.6. The molecule has 2 heterocycles. The molecule has 1 aliphatic carbocycles. The van der Waals surface area contributed by atoms with Gasteiger partial charge in [0.2, 0.25) is 11.8 Å². The van der Waals surface area contributed by atoms with Crippen molar-refractivity contribution in [1.82, 2.24) is 9.88 Å². The summed E-state index contributed by atoms with van der Waals surface area (Å²) in [6.07, 6.45) is 4.46. The lowest BCUT2D eigenvalue weighted by Gasteiger charge is -2.36. The van der Waals surface area contributed by atoms with E-state index in [9.17, 15) is 9.59 Å². The number of hydrogen-bond donors (Lipinski definition) is 1. The van der Waals surface area contributed by atoms with Crippen molar-refractivity contribution in [2.75, 3.05) is 43.5 Å². The summed E-state index contributed by atoms with van der Waals surface area (Å²) in [7, 11) is 1.66. The van der Waals surface area contributed by atoms with Gasteiger partial charge in [-0.2, -0.15) is 0 Å². The van der Waals surface area contributed by atoms with Crippen LogP contribution in [0.3, 0.4) is 0 Å². The number of ether oxygens (including phenoxy) is 1. The van der Waals surface area contributed by atoms with Crippen LogP contribution in [0.15, 0.2) is 29.6 Å². The van der Waals surface area contributed by atoms with Gasteiger partial charge in [-0.1, -0.05) is 12.8 Å². The zero-order valence-electron chi connectivity index (χ0n) is 17.3. The van der Waals surface area contributed by atoms with Gasteiger partial charge < -0.3 is 19.9 Å². The van der Waals surface area contributed by atoms with Crippen molar-refractivity contribution in [3.63, 3.8) is 0 Å². The molecule has 1 aromatic heterocycles. The summed E-state index contributed by atoms with van der Waals surface area (Å²) in [5, 5.41) is 5.38. The van der Waals surface area contributed by atoms with Gasteiger partial charge in [0.1, 0.15) is 5.75 Å². The summed E-state index contributed by atoms with van der Waals surface area (Å²) in [5.41, 5.74) is 1.87. The third kappa shape index (κ3) is 4.92. The highest BCUT2D eigenvalue weighted by atomic mass is 32.1. The van der Waals surface area contributed by atoms with Crippen molar-refractivity contribution in [2.24, 2.45) is 5.92 Å². The normalized spacial score (nSPS) is 17.2. The first kappa shape index (κ1) is 20.7. The molecule has 0 spiro atoms. The molecule has 1 saturated carbocycles. The molecule has 2 fully saturated rings. The summed E-state index contributed by atoms with van der Waals surface area (Å²) in [4.78, 5) is 33.6. The molecular formula is C22H28N4O3S. The molecule has 160 valence electrons. The predicted molar refractivity (Wildman–Crippen MR) is 118 cm³/mol. The van der Waals surface area contributed by atoms with E-state index >= 15 is 0 Å². The van der Waals surface area contributed by atoms with Crippen LogP contribution in [-0.4, -0.2) is 55.0 Å². The van der Waals surface area contributed by atoms with Crippen molar-refractivity contribution in [3.05, 3.63) is 35.3 Å². The minimum atomic E-state index is 0.0642. The van der Waals surface area contributed by atoms with Crippen LogP contribution < -0.4 is 15.0 Å². The molecule has 0 unspecified atom stereocenters. The zero-order valence-corrected chi connectivity index (χ0v) is 18.1. The second-order valence-corrected chi connectivity index (χ2v) is 8.72. The van der Waals surface area contributed by atoms with E-state index in [1.54, 1.807) is 7.11 Å². The van der Waals surface area contributed by atoms with E-state index in [1.807, 2.05) is 34.5 Å². The Bertz CT molecular complexity index is 869. The van der Waals surface area contributed by atoms with Crippen LogP contribution in [0.4, 0.5) is 10.8 Å². The maximum Gasteiger partial charge on any atom is 0.229 e. The summed E-state index contributed by atoms with van der Waals surface area (Å²) < 4.78 is 5.21. The smallest absolute Gasteiger partial charge is 0.229 e. The molecule has 2 amide bonds. The van der Waals surface area contributed by atoms with Gasteiger partial charge in [0.25, 0.3) is 0 Å². The fraction of sp³-hybridized carbons (Fsp3) is 0.500. The topological polar surface area (TPSA) is 74.8 Å². The first-order valence-electron chi connectivity index (χ1n) is 10.5. The maximum atomic E-state index is 12.7. The number of carbonyl (C=O) groups is 2. The minimum absolute atomic E-state index is 0.0642. The predicted octanol–water partition coefficient (Wildman–Crippen LogP) is 3.17. The van der Waals surface area contributed by atoms with Gasteiger partial charge in [0, 0.05) is 43.2 Å². The van der Waals surface area contributed by atoms with Gasteiger partial charge in [-0.15, -0.1) is 11.3 Å². The van der Waals surface area contributed by atoms with E-state index in [0.717, 1.165) is 55.9 Å². The number of carbonyl (C=O) groups excluding carboxylic acids is 2. The van der Waals surface area contributed by atoms with E-state index in [2.05, 4.69) is 15.2 Å². The van der Waals surface area contributed by atoms with Gasteiger partial charge in [0.15, 0.2) is 5.13 Å². The Morgan fingerprint density at radius 2 is 1.83 bits per heavy atom. The Morgan fingerprint density at radius 3 is 2.50 bits per heavy atom. The maximum absolute atomic E-state index is 12.7. The number of hydrogen-bond acceptors (Lipinski definition) is 6. The van der Waals surface area contributed by atoms with Crippen LogP contribution in [0.2, 0.25) is 0 Å². The van der Waals surface area contributed by atoms with Crippen LogP contribution in [0.25, 0.3) is 0 Å². The number of amides is 2. The van der Waals surface area contributed by atoms with Crippen LogP contribution in [0, 0.1) is 5.92 Å². The second-order valence-electron chi connectivity index (χ2n) is 7.86. The van der Waals surface area contributed by atoms with Gasteiger partial charge in [-0.05, 0) is 37.1 Å². The number of anilines is 2. The average Bonchev–Trinajstić information content (AvgIpc) is 3.46. The van der Waals surface area contributed by atoms with Crippen LogP contribution in [-0.2, 0) is 16.0 Å². The monoisotopic (exact) mass is 428 g/mol. The zero-order chi connectivity index (χ0) is 20.9. The molecule has 1 aliphatic heterocycles.